The van der Waals surface area contributed by atoms with Crippen molar-refractivity contribution in [2.45, 2.75) is 130 Å². The van der Waals surface area contributed by atoms with E-state index in [9.17, 15) is 10.5 Å². The van der Waals surface area contributed by atoms with E-state index >= 15 is 0 Å². The van der Waals surface area contributed by atoms with Gasteiger partial charge in [0, 0.05) is 44.0 Å². The van der Waals surface area contributed by atoms with Gasteiger partial charge < -0.3 is 9.13 Å². The van der Waals surface area contributed by atoms with E-state index in [4.69, 9.17) is 9.97 Å². The first kappa shape index (κ1) is 53.4. The number of rotatable bonds is 14. The van der Waals surface area contributed by atoms with E-state index in [0.717, 1.165) is 70.4 Å². The van der Waals surface area contributed by atoms with E-state index < -0.39 is 0 Å². The maximum absolute atomic E-state index is 10.1. The molecule has 6 heteroatoms. The first-order chi connectivity index (χ1) is 38.3. The normalized spacial score (nSPS) is 12.4. The highest BCUT2D eigenvalue weighted by molar-refractivity contribution is 6.11. The maximum Gasteiger partial charge on any atom is 0.177 e. The van der Waals surface area contributed by atoms with Crippen molar-refractivity contribution < 1.29 is 0 Å². The summed E-state index contributed by atoms with van der Waals surface area (Å²) in [6.07, 6.45) is 4.25. The van der Waals surface area contributed by atoms with Crippen LogP contribution in [0.25, 0.3) is 99.8 Å². The topological polar surface area (TPSA) is 83.2 Å². The quantitative estimate of drug-likeness (QED) is 0.109. The molecule has 11 rings (SSSR count). The monoisotopic (exact) mass is 1040 g/mol. The average molecular weight is 1050 g/mol. The highest BCUT2D eigenvalue weighted by Gasteiger charge is 2.26. The highest BCUT2D eigenvalue weighted by Crippen LogP contribution is 2.42. The van der Waals surface area contributed by atoms with Crippen molar-refractivity contribution in [3.63, 3.8) is 0 Å². The number of hydrogen-bond donors (Lipinski definition) is 0. The lowest BCUT2D eigenvalue weighted by Crippen LogP contribution is -2.15. The molecule has 0 N–H and O–H groups in total. The van der Waals surface area contributed by atoms with E-state index in [2.05, 4.69) is 250 Å². The Kier molecular flexibility index (Phi) is 13.5. The Morgan fingerprint density at radius 2 is 0.550 bits per heavy atom. The van der Waals surface area contributed by atoms with Crippen LogP contribution in [0.3, 0.4) is 0 Å². The lowest BCUT2D eigenvalue weighted by molar-refractivity contribution is 0.506. The first-order valence-electron chi connectivity index (χ1n) is 28.7. The van der Waals surface area contributed by atoms with Crippen LogP contribution in [0.5, 0.6) is 0 Å². The van der Waals surface area contributed by atoms with Gasteiger partial charge in [0.15, 0.2) is 11.4 Å². The fraction of sp³-hybridized carbons (Fsp3) is 0.270. The predicted molar refractivity (Wildman–Crippen MR) is 335 cm³/mol. The van der Waals surface area contributed by atoms with Gasteiger partial charge in [0.1, 0.15) is 12.1 Å². The molecular weight excluding hydrogens is 973 g/mol. The van der Waals surface area contributed by atoms with Gasteiger partial charge in [-0.3, -0.25) is 0 Å². The second kappa shape index (κ2) is 20.3. The summed E-state index contributed by atoms with van der Waals surface area (Å²) in [6, 6.07) is 66.5. The lowest BCUT2D eigenvalue weighted by atomic mass is 9.81. The van der Waals surface area contributed by atoms with Crippen LogP contribution in [-0.4, -0.2) is 19.1 Å². The molecule has 0 fully saturated rings. The molecule has 0 aliphatic heterocycles. The molecule has 0 aliphatic carbocycles. The van der Waals surface area contributed by atoms with Crippen molar-refractivity contribution in [3.05, 3.63) is 203 Å². The minimum atomic E-state index is 0.00186. The zero-order valence-electron chi connectivity index (χ0n) is 48.7. The smallest absolute Gasteiger partial charge is 0.177 e. The number of nitriles is 2. The molecule has 0 saturated heterocycles. The van der Waals surface area contributed by atoms with E-state index in [0.29, 0.717) is 11.4 Å². The molecule has 11 aromatic rings. The predicted octanol–water partition coefficient (Wildman–Crippen LogP) is 19.8. The van der Waals surface area contributed by atoms with Crippen LogP contribution in [-0.2, 0) is 21.7 Å². The number of fused-ring (bicyclic) bond motifs is 6. The molecule has 398 valence electrons. The zero-order valence-corrected chi connectivity index (χ0v) is 48.7. The third-order valence-electron chi connectivity index (χ3n) is 18.5. The first-order valence-corrected chi connectivity index (χ1v) is 28.7. The summed E-state index contributed by atoms with van der Waals surface area (Å²) in [7, 11) is 0. The molecule has 0 atom stereocenters. The molecule has 80 heavy (non-hydrogen) atoms. The van der Waals surface area contributed by atoms with Crippen molar-refractivity contribution in [2.24, 2.45) is 0 Å². The summed E-state index contributed by atoms with van der Waals surface area (Å²) in [5.41, 5.74) is 19.7. The largest absolute Gasteiger partial charge is 0.309 e. The van der Waals surface area contributed by atoms with Crippen molar-refractivity contribution in [2.75, 3.05) is 0 Å². The SMILES string of the molecule is CCC(C)(C)c1ccc2c(c1)c1cc(C(C)(C)CC)ccc1n2-c1ccc(-c2ccc(-c3nc(C#N)c(C#N)nc3-c3ccc(-c4ccc(-n5c6ccc(C(C)(C)CC)cc6c6cc(C(C)(C)CC)ccc65)cc4)cc3)cc2)cc1. The standard InChI is InChI=1S/C74H72N6/c1-13-71(5,6)53-29-37-65-59(41-53)60-42-54(72(7,8)14-2)30-38-66(60)79(65)57-33-25-49(26-34-57)47-17-21-51(22-18-47)69-70(78-64(46-76)63(45-75)77-69)52-23-19-48(20-24-52)50-27-35-58(36-28-50)80-67-39-31-55(73(9,10)15-3)43-61(67)62-44-56(32-40-68(62)80)74(11,12)16-4/h17-44H,13-16H2,1-12H3. The molecular formula is C74H72N6. The number of hydrogen-bond acceptors (Lipinski definition) is 4. The fourth-order valence-corrected chi connectivity index (χ4v) is 11.3. The molecule has 0 saturated carbocycles. The van der Waals surface area contributed by atoms with Crippen molar-refractivity contribution in [1.82, 2.24) is 19.1 Å². The Bertz CT molecular complexity index is 3840. The van der Waals surface area contributed by atoms with Crippen molar-refractivity contribution in [1.29, 1.82) is 10.5 Å². The second-order valence-corrected chi connectivity index (χ2v) is 24.6. The van der Waals surface area contributed by atoms with Crippen LogP contribution in [0.1, 0.15) is 142 Å². The van der Waals surface area contributed by atoms with E-state index in [-0.39, 0.29) is 33.0 Å². The Balaban J connectivity index is 0.895. The summed E-state index contributed by atoms with van der Waals surface area (Å²) in [6.45, 7) is 27.7. The van der Waals surface area contributed by atoms with Gasteiger partial charge >= 0.3 is 0 Å². The summed E-state index contributed by atoms with van der Waals surface area (Å²) < 4.78 is 4.81. The Morgan fingerprint density at radius 3 is 0.775 bits per heavy atom. The lowest BCUT2D eigenvalue weighted by Gasteiger charge is -2.24. The third kappa shape index (κ3) is 9.25. The summed E-state index contributed by atoms with van der Waals surface area (Å²) in [5.74, 6) is 0. The molecule has 0 spiro atoms. The number of nitrogens with zero attached hydrogens (tertiary/aromatic N) is 6. The van der Waals surface area contributed by atoms with Gasteiger partial charge in [-0.15, -0.1) is 0 Å². The minimum absolute atomic E-state index is 0.00186. The van der Waals surface area contributed by atoms with Crippen LogP contribution in [0.15, 0.2) is 170 Å². The van der Waals surface area contributed by atoms with Gasteiger partial charge in [-0.25, -0.2) is 9.97 Å². The molecule has 8 aromatic carbocycles. The zero-order chi connectivity index (χ0) is 56.5. The Morgan fingerprint density at radius 1 is 0.325 bits per heavy atom. The van der Waals surface area contributed by atoms with Gasteiger partial charge in [0.25, 0.3) is 0 Å². The molecule has 3 heterocycles. The van der Waals surface area contributed by atoms with Crippen LogP contribution >= 0.6 is 0 Å². The molecule has 6 nitrogen and oxygen atoms in total. The molecule has 3 aromatic heterocycles. The van der Waals surface area contributed by atoms with Gasteiger partial charge in [0.05, 0.1) is 33.5 Å². The van der Waals surface area contributed by atoms with Crippen LogP contribution in [0.2, 0.25) is 0 Å². The van der Waals surface area contributed by atoms with E-state index in [1.807, 2.05) is 24.3 Å². The van der Waals surface area contributed by atoms with Gasteiger partial charge in [0.2, 0.25) is 0 Å². The molecule has 0 aliphatic rings. The second-order valence-electron chi connectivity index (χ2n) is 24.6. The Labute approximate surface area is 473 Å². The molecule has 0 amide bonds. The van der Waals surface area contributed by atoms with Crippen LogP contribution < -0.4 is 0 Å². The fourth-order valence-electron chi connectivity index (χ4n) is 11.3. The van der Waals surface area contributed by atoms with Gasteiger partial charge in [-0.2, -0.15) is 10.5 Å². The van der Waals surface area contributed by atoms with Gasteiger partial charge in [-0.1, -0.05) is 180 Å². The number of aromatic nitrogens is 4. The third-order valence-corrected chi connectivity index (χ3v) is 18.5. The molecule has 0 unspecified atom stereocenters. The van der Waals surface area contributed by atoms with Crippen LogP contribution in [0.4, 0.5) is 0 Å². The van der Waals surface area contributed by atoms with E-state index in [1.165, 1.54) is 65.9 Å². The summed E-state index contributed by atoms with van der Waals surface area (Å²) >= 11 is 0. The average Bonchev–Trinajstić information content (AvgIpc) is 4.10. The minimum Gasteiger partial charge on any atom is -0.309 e. The highest BCUT2D eigenvalue weighted by atomic mass is 15.0. The Hall–Kier alpha value is -8.58. The van der Waals surface area contributed by atoms with Crippen molar-refractivity contribution in [3.8, 4) is 68.3 Å². The van der Waals surface area contributed by atoms with E-state index in [1.54, 1.807) is 0 Å². The summed E-state index contributed by atoms with van der Waals surface area (Å²) in [5, 5.41) is 25.4. The molecule has 0 radical (unpaired) electrons. The number of benzene rings is 8. The molecule has 0 bridgehead atoms. The van der Waals surface area contributed by atoms with Gasteiger partial charge in [-0.05, 0) is 165 Å². The van der Waals surface area contributed by atoms with Crippen molar-refractivity contribution >= 4 is 43.6 Å². The maximum atomic E-state index is 10.1. The van der Waals surface area contributed by atoms with Crippen LogP contribution in [0, 0.1) is 22.7 Å². The summed E-state index contributed by atoms with van der Waals surface area (Å²) in [4.78, 5) is 9.59.